The zero-order chi connectivity index (χ0) is 7.40. The normalized spacial score (nSPS) is 8.80. The third kappa shape index (κ3) is 1.19. The Hall–Kier alpha value is -1.22. The Kier molecular flexibility index (Phi) is 2.12. The van der Waals surface area contributed by atoms with Gasteiger partial charge in [-0.1, -0.05) is 24.1 Å². The maximum absolute atomic E-state index is 5.25. The molecule has 1 rings (SSSR count). The fourth-order valence-electron chi connectivity index (χ4n) is 0.879. The van der Waals surface area contributed by atoms with Crippen LogP contribution < -0.4 is 0 Å². The fourth-order valence-corrected chi connectivity index (χ4v) is 0.879. The Labute approximate surface area is 61.9 Å². The van der Waals surface area contributed by atoms with Crippen molar-refractivity contribution in [2.75, 3.05) is 0 Å². The number of benzene rings is 1. The topological polar surface area (TPSA) is 0 Å². The van der Waals surface area contributed by atoms with Crippen LogP contribution in [0.2, 0.25) is 0 Å². The van der Waals surface area contributed by atoms with Crippen LogP contribution in [0.3, 0.4) is 0 Å². The Morgan fingerprint density at radius 3 is 2.60 bits per heavy atom. The van der Waals surface area contributed by atoms with Gasteiger partial charge < -0.3 is 0 Å². The van der Waals surface area contributed by atoms with Crippen LogP contribution in [0.1, 0.15) is 11.1 Å². The Bertz CT molecular complexity index is 253. The molecular formula is C10H9. The molecule has 1 aromatic rings. The molecular weight excluding hydrogens is 120 g/mol. The largest absolute Gasteiger partial charge is 0.115 e. The van der Waals surface area contributed by atoms with E-state index in [1.807, 2.05) is 24.3 Å². The van der Waals surface area contributed by atoms with E-state index in [1.165, 1.54) is 0 Å². The van der Waals surface area contributed by atoms with Crippen LogP contribution in [-0.4, -0.2) is 0 Å². The summed E-state index contributed by atoms with van der Waals surface area (Å²) in [4.78, 5) is 0. The first-order valence-electron chi connectivity index (χ1n) is 3.22. The first-order valence-corrected chi connectivity index (χ1v) is 3.22. The number of hydrogen-bond donors (Lipinski definition) is 0. The third-order valence-corrected chi connectivity index (χ3v) is 1.44. The van der Waals surface area contributed by atoms with Gasteiger partial charge in [-0.15, -0.1) is 6.42 Å². The maximum Gasteiger partial charge on any atom is 0.0274 e. The van der Waals surface area contributed by atoms with Crippen molar-refractivity contribution < 1.29 is 0 Å². The van der Waals surface area contributed by atoms with Crippen LogP contribution in [0, 0.1) is 19.3 Å². The van der Waals surface area contributed by atoms with Gasteiger partial charge in [0.05, 0.1) is 0 Å². The average molecular weight is 129 g/mol. The van der Waals surface area contributed by atoms with Crippen LogP contribution in [0.4, 0.5) is 0 Å². The van der Waals surface area contributed by atoms with E-state index in [4.69, 9.17) is 6.42 Å². The van der Waals surface area contributed by atoms with Gasteiger partial charge in [-0.05, 0) is 25.0 Å². The molecule has 0 amide bonds. The Balaban J connectivity index is 3.12. The van der Waals surface area contributed by atoms with Crippen LogP contribution in [0.15, 0.2) is 24.3 Å². The number of terminal acetylenes is 1. The molecule has 10 heavy (non-hydrogen) atoms. The summed E-state index contributed by atoms with van der Waals surface area (Å²) in [5.74, 6) is 2.61. The molecule has 0 aliphatic heterocycles. The highest BCUT2D eigenvalue weighted by Gasteiger charge is 1.92. The lowest BCUT2D eigenvalue weighted by molar-refractivity contribution is 1.26. The van der Waals surface area contributed by atoms with Crippen molar-refractivity contribution in [3.05, 3.63) is 42.3 Å². The maximum atomic E-state index is 5.25. The lowest BCUT2D eigenvalue weighted by Gasteiger charge is -1.97. The minimum atomic E-state index is 0.764. The van der Waals surface area contributed by atoms with Gasteiger partial charge in [0.25, 0.3) is 0 Å². The molecule has 1 aromatic carbocycles. The molecule has 0 aliphatic rings. The molecule has 0 heterocycles. The molecule has 0 spiro atoms. The molecule has 0 fully saturated rings. The van der Waals surface area contributed by atoms with Crippen molar-refractivity contribution in [3.8, 4) is 12.3 Å². The summed E-state index contributed by atoms with van der Waals surface area (Å²) in [7, 11) is 0. The molecule has 0 nitrogen and oxygen atoms in total. The van der Waals surface area contributed by atoms with E-state index in [0.717, 1.165) is 17.5 Å². The quantitative estimate of drug-likeness (QED) is 0.509. The molecule has 0 aromatic heterocycles. The number of hydrogen-bond acceptors (Lipinski definition) is 0. The summed E-state index contributed by atoms with van der Waals surface area (Å²) in [5.41, 5.74) is 2.10. The fraction of sp³-hybridized carbons (Fsp3) is 0.100. The highest BCUT2D eigenvalue weighted by atomic mass is 14.0. The molecule has 49 valence electrons. The zero-order valence-electron chi connectivity index (χ0n) is 5.80. The monoisotopic (exact) mass is 129 g/mol. The second-order valence-corrected chi connectivity index (χ2v) is 2.05. The van der Waals surface area contributed by atoms with Crippen molar-refractivity contribution in [1.82, 2.24) is 0 Å². The van der Waals surface area contributed by atoms with Gasteiger partial charge in [-0.2, -0.15) is 0 Å². The van der Waals surface area contributed by atoms with Gasteiger partial charge in [0, 0.05) is 5.56 Å². The summed E-state index contributed by atoms with van der Waals surface area (Å²) in [6, 6.07) is 7.85. The third-order valence-electron chi connectivity index (χ3n) is 1.44. The molecule has 0 atom stereocenters. The van der Waals surface area contributed by atoms with Gasteiger partial charge in [-0.3, -0.25) is 0 Å². The molecule has 0 aliphatic carbocycles. The molecule has 0 bridgehead atoms. The Morgan fingerprint density at radius 2 is 2.10 bits per heavy atom. The van der Waals surface area contributed by atoms with E-state index >= 15 is 0 Å². The van der Waals surface area contributed by atoms with Crippen molar-refractivity contribution in [2.45, 2.75) is 6.42 Å². The summed E-state index contributed by atoms with van der Waals surface area (Å²) in [6.45, 7) is 3.77. The Morgan fingerprint density at radius 1 is 1.40 bits per heavy atom. The summed E-state index contributed by atoms with van der Waals surface area (Å²) in [6.07, 6.45) is 6.01. The number of rotatable bonds is 1. The molecule has 0 N–H and O–H groups in total. The van der Waals surface area contributed by atoms with E-state index in [-0.39, 0.29) is 0 Å². The van der Waals surface area contributed by atoms with E-state index < -0.39 is 0 Å². The van der Waals surface area contributed by atoms with Crippen LogP contribution in [-0.2, 0) is 6.42 Å². The van der Waals surface area contributed by atoms with Gasteiger partial charge in [0.15, 0.2) is 0 Å². The highest BCUT2D eigenvalue weighted by molar-refractivity contribution is 5.39. The van der Waals surface area contributed by atoms with Crippen molar-refractivity contribution >= 4 is 0 Å². The SMILES string of the molecule is C#Cc1ccccc1C[CH2]. The zero-order valence-corrected chi connectivity index (χ0v) is 5.80. The van der Waals surface area contributed by atoms with E-state index in [1.54, 1.807) is 0 Å². The van der Waals surface area contributed by atoms with Gasteiger partial charge in [0.2, 0.25) is 0 Å². The molecule has 0 saturated heterocycles. The van der Waals surface area contributed by atoms with Crippen molar-refractivity contribution in [3.63, 3.8) is 0 Å². The highest BCUT2D eigenvalue weighted by Crippen LogP contribution is 2.06. The van der Waals surface area contributed by atoms with E-state index in [0.29, 0.717) is 0 Å². The summed E-state index contributed by atoms with van der Waals surface area (Å²) < 4.78 is 0. The van der Waals surface area contributed by atoms with Gasteiger partial charge >= 0.3 is 0 Å². The second kappa shape index (κ2) is 3.08. The standard InChI is InChI=1S/C10H9/c1-3-9-7-5-6-8-10(9)4-2/h1,5-8H,2,4H2. The van der Waals surface area contributed by atoms with Crippen molar-refractivity contribution in [2.24, 2.45) is 0 Å². The minimum Gasteiger partial charge on any atom is -0.115 e. The predicted molar refractivity (Wildman–Crippen MR) is 43.4 cm³/mol. The van der Waals surface area contributed by atoms with Crippen LogP contribution in [0.25, 0.3) is 0 Å². The predicted octanol–water partition coefficient (Wildman–Crippen LogP) is 2.04. The van der Waals surface area contributed by atoms with Gasteiger partial charge in [0.1, 0.15) is 0 Å². The van der Waals surface area contributed by atoms with Crippen molar-refractivity contribution in [1.29, 1.82) is 0 Å². The second-order valence-electron chi connectivity index (χ2n) is 2.05. The minimum absolute atomic E-state index is 0.764. The summed E-state index contributed by atoms with van der Waals surface area (Å²) >= 11 is 0. The van der Waals surface area contributed by atoms with E-state index in [2.05, 4.69) is 12.8 Å². The van der Waals surface area contributed by atoms with Crippen LogP contribution in [0.5, 0.6) is 0 Å². The first kappa shape index (κ1) is 6.89. The van der Waals surface area contributed by atoms with E-state index in [9.17, 15) is 0 Å². The average Bonchev–Trinajstić information content (AvgIpc) is 2.04. The smallest absolute Gasteiger partial charge is 0.0274 e. The van der Waals surface area contributed by atoms with Gasteiger partial charge in [-0.25, -0.2) is 0 Å². The molecule has 0 unspecified atom stereocenters. The molecule has 0 saturated carbocycles. The molecule has 0 heteroatoms. The molecule has 1 radical (unpaired) electrons. The van der Waals surface area contributed by atoms with Crippen LogP contribution >= 0.6 is 0 Å². The lowest BCUT2D eigenvalue weighted by Crippen LogP contribution is -1.84. The summed E-state index contributed by atoms with van der Waals surface area (Å²) in [5, 5.41) is 0. The lowest BCUT2D eigenvalue weighted by atomic mass is 10.1. The first-order chi connectivity index (χ1) is 4.88.